The maximum atomic E-state index is 13.1. The van der Waals surface area contributed by atoms with Gasteiger partial charge in [0, 0.05) is 29.2 Å². The largest absolute Gasteiger partial charge is 0.497 e. The molecule has 0 unspecified atom stereocenters. The molecule has 0 fully saturated rings. The second kappa shape index (κ2) is 9.73. The van der Waals surface area contributed by atoms with E-state index in [4.69, 9.17) is 10.5 Å². The summed E-state index contributed by atoms with van der Waals surface area (Å²) < 4.78 is 46.3. The number of nitrogens with one attached hydrogen (secondary N) is 2. The van der Waals surface area contributed by atoms with Crippen molar-refractivity contribution in [3.8, 4) is 11.7 Å². The number of hydrogen-bond donors (Lipinski definition) is 3. The van der Waals surface area contributed by atoms with E-state index in [-0.39, 0.29) is 23.0 Å². The van der Waals surface area contributed by atoms with E-state index in [1.165, 1.54) is 37.6 Å². The fraction of sp³-hybridized carbons (Fsp3) is 0.0769. The van der Waals surface area contributed by atoms with Crippen LogP contribution in [0.5, 0.6) is 5.75 Å². The number of rotatable bonds is 6. The van der Waals surface area contributed by atoms with Gasteiger partial charge in [-0.1, -0.05) is 18.2 Å². The number of carbonyl (C=O) groups excluding carboxylic acids is 1. The van der Waals surface area contributed by atoms with Crippen molar-refractivity contribution < 1.29 is 22.7 Å². The number of fused-ring (bicyclic) bond motifs is 1. The molecule has 2 heterocycles. The van der Waals surface area contributed by atoms with Crippen LogP contribution in [0, 0.1) is 0 Å². The fourth-order valence-electron chi connectivity index (χ4n) is 3.81. The summed E-state index contributed by atoms with van der Waals surface area (Å²) in [4.78, 5) is 26.2. The van der Waals surface area contributed by atoms with Gasteiger partial charge in [0.15, 0.2) is 0 Å². The number of amides is 1. The third kappa shape index (κ3) is 5.05. The highest BCUT2D eigenvalue weighted by Crippen LogP contribution is 2.32. The molecule has 0 saturated heterocycles. The number of benzene rings is 3. The maximum absolute atomic E-state index is 13.1. The summed E-state index contributed by atoms with van der Waals surface area (Å²) in [5, 5.41) is 5.67. The zero-order chi connectivity index (χ0) is 26.9. The summed E-state index contributed by atoms with van der Waals surface area (Å²) in [7, 11) is 1.43. The number of anilines is 4. The zero-order valence-corrected chi connectivity index (χ0v) is 19.8. The topological polar surface area (TPSA) is 120 Å². The van der Waals surface area contributed by atoms with Gasteiger partial charge >= 0.3 is 6.18 Å². The van der Waals surface area contributed by atoms with Crippen LogP contribution in [-0.2, 0) is 6.18 Å². The van der Waals surface area contributed by atoms with Crippen LogP contribution < -0.4 is 21.1 Å². The van der Waals surface area contributed by atoms with Gasteiger partial charge in [-0.2, -0.15) is 18.2 Å². The number of nitrogens with two attached hydrogens (primary N) is 1. The van der Waals surface area contributed by atoms with E-state index < -0.39 is 17.6 Å². The molecule has 0 saturated carbocycles. The molecule has 1 amide bonds. The predicted octanol–water partition coefficient (Wildman–Crippen LogP) is 5.42. The molecule has 38 heavy (non-hydrogen) atoms. The SMILES string of the molecule is COc1cc(Nc2nc3ccccc3n2-c2nccc(N)n2)cc(C(=O)Nc2cccc(C(F)(F)F)c2)c1. The average Bonchev–Trinajstić information content (AvgIpc) is 3.25. The molecular formula is C26H20F3N7O2. The molecule has 5 rings (SSSR count). The standard InChI is InChI=1S/C26H20F3N7O2/c1-38-19-12-15(23(37)32-17-6-4-5-16(13-17)26(27,28)29)11-18(14-19)33-25-34-20-7-2-3-8-21(20)36(25)24-31-10-9-22(30)35-24/h2-14H,1H3,(H,32,37)(H,33,34)(H2,30,31,35). The molecule has 0 atom stereocenters. The molecular weight excluding hydrogens is 499 g/mol. The van der Waals surface area contributed by atoms with E-state index in [9.17, 15) is 18.0 Å². The van der Waals surface area contributed by atoms with Crippen molar-refractivity contribution in [3.63, 3.8) is 0 Å². The Morgan fingerprint density at radius 2 is 1.79 bits per heavy atom. The zero-order valence-electron chi connectivity index (χ0n) is 19.8. The smallest absolute Gasteiger partial charge is 0.416 e. The Balaban J connectivity index is 1.50. The molecule has 0 aliphatic rings. The first-order chi connectivity index (χ1) is 18.2. The van der Waals surface area contributed by atoms with E-state index in [1.807, 2.05) is 24.3 Å². The molecule has 0 bridgehead atoms. The van der Waals surface area contributed by atoms with E-state index in [0.29, 0.717) is 28.4 Å². The summed E-state index contributed by atoms with van der Waals surface area (Å²) in [6.07, 6.45) is -3.01. The molecule has 12 heteroatoms. The highest BCUT2D eigenvalue weighted by atomic mass is 19.4. The Kier molecular flexibility index (Phi) is 6.29. The molecule has 0 aliphatic carbocycles. The molecule has 2 aromatic heterocycles. The van der Waals surface area contributed by atoms with Crippen LogP contribution in [0.3, 0.4) is 0 Å². The normalized spacial score (nSPS) is 11.4. The third-order valence-corrected chi connectivity index (χ3v) is 5.53. The Labute approximate surface area is 214 Å². The molecule has 4 N–H and O–H groups in total. The summed E-state index contributed by atoms with van der Waals surface area (Å²) in [6.45, 7) is 0. The van der Waals surface area contributed by atoms with E-state index in [2.05, 4.69) is 25.6 Å². The number of imidazole rings is 1. The first-order valence-corrected chi connectivity index (χ1v) is 11.2. The first-order valence-electron chi connectivity index (χ1n) is 11.2. The van der Waals surface area contributed by atoms with Crippen molar-refractivity contribution in [1.82, 2.24) is 19.5 Å². The quantitative estimate of drug-likeness (QED) is 0.274. The van der Waals surface area contributed by atoms with Crippen LogP contribution in [0.15, 0.2) is 79.0 Å². The number of hydrogen-bond acceptors (Lipinski definition) is 7. The molecule has 0 radical (unpaired) electrons. The van der Waals surface area contributed by atoms with Crippen LogP contribution in [0.4, 0.5) is 36.3 Å². The van der Waals surface area contributed by atoms with Crippen LogP contribution in [0.2, 0.25) is 0 Å². The summed E-state index contributed by atoms with van der Waals surface area (Å²) >= 11 is 0. The lowest BCUT2D eigenvalue weighted by atomic mass is 10.1. The first kappa shape index (κ1) is 24.6. The number of methoxy groups -OCH3 is 1. The second-order valence-electron chi connectivity index (χ2n) is 8.15. The predicted molar refractivity (Wildman–Crippen MR) is 137 cm³/mol. The lowest BCUT2D eigenvalue weighted by Gasteiger charge is -2.13. The molecule has 9 nitrogen and oxygen atoms in total. The van der Waals surface area contributed by atoms with E-state index in [1.54, 1.807) is 16.7 Å². The average molecular weight is 519 g/mol. The number of alkyl halides is 3. The number of aromatic nitrogens is 4. The van der Waals surface area contributed by atoms with Gasteiger partial charge in [0.2, 0.25) is 11.9 Å². The number of carbonyl (C=O) groups is 1. The van der Waals surface area contributed by atoms with Crippen molar-refractivity contribution in [2.45, 2.75) is 6.18 Å². The van der Waals surface area contributed by atoms with Crippen LogP contribution in [-0.4, -0.2) is 32.5 Å². The highest BCUT2D eigenvalue weighted by molar-refractivity contribution is 6.05. The van der Waals surface area contributed by atoms with Gasteiger partial charge in [0.1, 0.15) is 11.6 Å². The third-order valence-electron chi connectivity index (χ3n) is 5.53. The van der Waals surface area contributed by atoms with Crippen LogP contribution in [0.25, 0.3) is 17.0 Å². The lowest BCUT2D eigenvalue weighted by molar-refractivity contribution is -0.137. The molecule has 3 aromatic carbocycles. The van der Waals surface area contributed by atoms with Gasteiger partial charge in [0.25, 0.3) is 5.91 Å². The Bertz CT molecular complexity index is 1650. The van der Waals surface area contributed by atoms with Gasteiger partial charge in [0.05, 0.1) is 23.7 Å². The van der Waals surface area contributed by atoms with Gasteiger partial charge in [-0.3, -0.25) is 4.79 Å². The van der Waals surface area contributed by atoms with E-state index in [0.717, 1.165) is 12.1 Å². The number of nitrogens with zero attached hydrogens (tertiary/aromatic N) is 4. The van der Waals surface area contributed by atoms with Crippen molar-refractivity contribution in [2.24, 2.45) is 0 Å². The van der Waals surface area contributed by atoms with Gasteiger partial charge < -0.3 is 21.1 Å². The fourth-order valence-corrected chi connectivity index (χ4v) is 3.81. The van der Waals surface area contributed by atoms with Crippen molar-refractivity contribution >= 4 is 40.1 Å². The summed E-state index contributed by atoms with van der Waals surface area (Å²) in [5.41, 5.74) is 6.95. The number of nitrogen functional groups attached to an aromatic ring is 1. The second-order valence-corrected chi connectivity index (χ2v) is 8.15. The van der Waals surface area contributed by atoms with Crippen molar-refractivity contribution in [3.05, 3.63) is 90.1 Å². The van der Waals surface area contributed by atoms with Crippen molar-refractivity contribution in [2.75, 3.05) is 23.5 Å². The minimum absolute atomic E-state index is 0.00256. The van der Waals surface area contributed by atoms with Crippen LogP contribution >= 0.6 is 0 Å². The minimum atomic E-state index is -4.54. The maximum Gasteiger partial charge on any atom is 0.416 e. The molecule has 0 spiro atoms. The highest BCUT2D eigenvalue weighted by Gasteiger charge is 2.30. The van der Waals surface area contributed by atoms with Crippen LogP contribution in [0.1, 0.15) is 15.9 Å². The Morgan fingerprint density at radius 3 is 2.55 bits per heavy atom. The Hall–Kier alpha value is -5.13. The number of para-hydroxylation sites is 2. The summed E-state index contributed by atoms with van der Waals surface area (Å²) in [6, 6.07) is 17.9. The monoisotopic (exact) mass is 519 g/mol. The van der Waals surface area contributed by atoms with Crippen molar-refractivity contribution in [1.29, 1.82) is 0 Å². The van der Waals surface area contributed by atoms with E-state index >= 15 is 0 Å². The lowest BCUT2D eigenvalue weighted by Crippen LogP contribution is -2.14. The number of halogens is 3. The van der Waals surface area contributed by atoms with Gasteiger partial charge in [-0.05, 0) is 48.5 Å². The minimum Gasteiger partial charge on any atom is -0.497 e. The summed E-state index contributed by atoms with van der Waals surface area (Å²) in [5.74, 6) is 0.612. The van der Waals surface area contributed by atoms with Gasteiger partial charge in [-0.15, -0.1) is 0 Å². The molecule has 192 valence electrons. The number of ether oxygens (including phenoxy) is 1. The Morgan fingerprint density at radius 1 is 0.974 bits per heavy atom. The molecule has 5 aromatic rings. The molecule has 0 aliphatic heterocycles. The van der Waals surface area contributed by atoms with Gasteiger partial charge in [-0.25, -0.2) is 14.5 Å².